The summed E-state index contributed by atoms with van der Waals surface area (Å²) >= 11 is 1.59. The molecule has 1 heterocycles. The Kier molecular flexibility index (Phi) is 4.43. The summed E-state index contributed by atoms with van der Waals surface area (Å²) in [5.41, 5.74) is 2.26. The fourth-order valence-electron chi connectivity index (χ4n) is 2.61. The summed E-state index contributed by atoms with van der Waals surface area (Å²) < 4.78 is 5.50. The van der Waals surface area contributed by atoms with Gasteiger partial charge in [-0.25, -0.2) is 4.98 Å². The zero-order valence-corrected chi connectivity index (χ0v) is 13.7. The molecule has 2 aromatic rings. The number of benzene rings is 1. The molecule has 1 aliphatic rings. The first-order valence-electron chi connectivity index (χ1n) is 7.58. The van der Waals surface area contributed by atoms with E-state index < -0.39 is 0 Å². The van der Waals surface area contributed by atoms with Gasteiger partial charge in [0.2, 0.25) is 0 Å². The lowest BCUT2D eigenvalue weighted by Gasteiger charge is -2.15. The smallest absolute Gasteiger partial charge is 0.264 e. The van der Waals surface area contributed by atoms with Crippen LogP contribution in [-0.2, 0) is 17.6 Å². The molecule has 1 aromatic heterocycles. The van der Waals surface area contributed by atoms with Crippen molar-refractivity contribution in [2.24, 2.45) is 5.92 Å². The maximum Gasteiger partial charge on any atom is 0.264 e. The second-order valence-corrected chi connectivity index (χ2v) is 6.97. The monoisotopic (exact) mass is 316 g/mol. The zero-order valence-electron chi connectivity index (χ0n) is 12.9. The fraction of sp³-hybridized carbons (Fsp3) is 0.412. The van der Waals surface area contributed by atoms with Gasteiger partial charge in [-0.15, -0.1) is 11.3 Å². The van der Waals surface area contributed by atoms with Crippen LogP contribution in [0.3, 0.4) is 0 Å². The van der Waals surface area contributed by atoms with E-state index in [4.69, 9.17) is 4.74 Å². The maximum atomic E-state index is 12.0. The van der Waals surface area contributed by atoms with E-state index in [0.717, 1.165) is 24.1 Å². The molecule has 0 bridgehead atoms. The number of carbonyl (C=O) groups is 1. The summed E-state index contributed by atoms with van der Waals surface area (Å²) in [5.74, 6) is 1.23. The van der Waals surface area contributed by atoms with Gasteiger partial charge in [0.05, 0.1) is 5.69 Å². The van der Waals surface area contributed by atoms with Gasteiger partial charge in [0.25, 0.3) is 5.91 Å². The zero-order chi connectivity index (χ0) is 15.5. The number of nitrogens with one attached hydrogen (secondary N) is 1. The van der Waals surface area contributed by atoms with Crippen LogP contribution in [0.1, 0.15) is 29.5 Å². The molecule has 5 heteroatoms. The van der Waals surface area contributed by atoms with Crippen molar-refractivity contribution >= 4 is 22.4 Å². The van der Waals surface area contributed by atoms with E-state index in [1.807, 2.05) is 31.2 Å². The highest BCUT2D eigenvalue weighted by atomic mass is 32.1. The number of rotatable bonds is 4. The van der Waals surface area contributed by atoms with Gasteiger partial charge in [-0.3, -0.25) is 10.1 Å². The molecule has 4 nitrogen and oxygen atoms in total. The Balaban J connectivity index is 1.56. The molecular weight excluding hydrogens is 296 g/mol. The Bertz CT molecular complexity index is 681. The number of thiazole rings is 1. The molecule has 0 saturated carbocycles. The van der Waals surface area contributed by atoms with Gasteiger partial charge in [0.15, 0.2) is 11.7 Å². The molecule has 1 atom stereocenters. The number of fused-ring (bicyclic) bond motifs is 1. The summed E-state index contributed by atoms with van der Waals surface area (Å²) in [4.78, 5) is 17.8. The van der Waals surface area contributed by atoms with Crippen molar-refractivity contribution in [1.29, 1.82) is 0 Å². The number of nitrogens with zero attached hydrogens (tertiary/aromatic N) is 1. The third-order valence-corrected chi connectivity index (χ3v) is 4.86. The summed E-state index contributed by atoms with van der Waals surface area (Å²) in [7, 11) is 0. The van der Waals surface area contributed by atoms with Crippen LogP contribution in [0.2, 0.25) is 0 Å². The predicted octanol–water partition coefficient (Wildman–Crippen LogP) is 3.59. The van der Waals surface area contributed by atoms with Crippen LogP contribution in [-0.4, -0.2) is 17.5 Å². The topological polar surface area (TPSA) is 51.2 Å². The van der Waals surface area contributed by atoms with Gasteiger partial charge in [-0.1, -0.05) is 19.1 Å². The maximum absolute atomic E-state index is 12.0. The van der Waals surface area contributed by atoms with Gasteiger partial charge in [0.1, 0.15) is 5.75 Å². The van der Waals surface area contributed by atoms with Crippen molar-refractivity contribution < 1.29 is 9.53 Å². The molecule has 0 unspecified atom stereocenters. The minimum Gasteiger partial charge on any atom is -0.484 e. The minimum absolute atomic E-state index is 0.00407. The highest BCUT2D eigenvalue weighted by Gasteiger charge is 2.20. The van der Waals surface area contributed by atoms with Gasteiger partial charge < -0.3 is 4.74 Å². The molecule has 1 amide bonds. The van der Waals surface area contributed by atoms with Crippen LogP contribution in [0.5, 0.6) is 5.75 Å². The Morgan fingerprint density at radius 2 is 2.36 bits per heavy atom. The lowest BCUT2D eigenvalue weighted by molar-refractivity contribution is -0.118. The second-order valence-electron chi connectivity index (χ2n) is 5.89. The van der Waals surface area contributed by atoms with E-state index in [1.54, 1.807) is 11.3 Å². The fourth-order valence-corrected chi connectivity index (χ4v) is 3.63. The van der Waals surface area contributed by atoms with Crippen LogP contribution in [0.15, 0.2) is 24.3 Å². The highest BCUT2D eigenvalue weighted by molar-refractivity contribution is 7.15. The van der Waals surface area contributed by atoms with Crippen molar-refractivity contribution in [1.82, 2.24) is 4.98 Å². The molecule has 0 fully saturated rings. The standard InChI is InChI=1S/C17H20N2O2S/c1-11-4-3-5-13(8-11)21-10-16(20)19-17-18-14-9-12(2)6-7-15(14)22-17/h3-5,8,12H,6-7,9-10H2,1-2H3,(H,18,19,20)/t12-/m1/s1. The van der Waals surface area contributed by atoms with Crippen LogP contribution < -0.4 is 10.1 Å². The molecule has 0 spiro atoms. The SMILES string of the molecule is Cc1cccc(OCC(=O)Nc2nc3c(s2)CC[C@@H](C)C3)c1. The first-order chi connectivity index (χ1) is 10.6. The predicted molar refractivity (Wildman–Crippen MR) is 88.6 cm³/mol. The van der Waals surface area contributed by atoms with Gasteiger partial charge >= 0.3 is 0 Å². The molecule has 1 aliphatic carbocycles. The van der Waals surface area contributed by atoms with Crippen molar-refractivity contribution in [3.05, 3.63) is 40.4 Å². The quantitative estimate of drug-likeness (QED) is 0.938. The average Bonchev–Trinajstić information content (AvgIpc) is 2.86. The van der Waals surface area contributed by atoms with Crippen LogP contribution in [0.25, 0.3) is 0 Å². The first kappa shape index (κ1) is 15.0. The summed E-state index contributed by atoms with van der Waals surface area (Å²) in [6, 6.07) is 7.67. The lowest BCUT2D eigenvalue weighted by Crippen LogP contribution is -2.20. The molecule has 116 valence electrons. The van der Waals surface area contributed by atoms with Gasteiger partial charge in [0, 0.05) is 4.88 Å². The van der Waals surface area contributed by atoms with E-state index in [1.165, 1.54) is 11.3 Å². The normalized spacial score (nSPS) is 16.9. The molecule has 3 rings (SSSR count). The highest BCUT2D eigenvalue weighted by Crippen LogP contribution is 2.31. The van der Waals surface area contributed by atoms with Crippen LogP contribution in [0.4, 0.5) is 5.13 Å². The van der Waals surface area contributed by atoms with Gasteiger partial charge in [-0.05, 0) is 49.8 Å². The number of aryl methyl sites for hydroxylation is 2. The number of carbonyl (C=O) groups excluding carboxylic acids is 1. The lowest BCUT2D eigenvalue weighted by atomic mass is 9.93. The van der Waals surface area contributed by atoms with E-state index in [0.29, 0.717) is 16.8 Å². The Morgan fingerprint density at radius 3 is 3.18 bits per heavy atom. The Hall–Kier alpha value is -1.88. The summed E-state index contributed by atoms with van der Waals surface area (Å²) in [6.07, 6.45) is 3.30. The van der Waals surface area contributed by atoms with Crippen LogP contribution >= 0.6 is 11.3 Å². The van der Waals surface area contributed by atoms with Crippen molar-refractivity contribution in [2.75, 3.05) is 11.9 Å². The number of anilines is 1. The number of ether oxygens (including phenoxy) is 1. The van der Waals surface area contributed by atoms with E-state index in [2.05, 4.69) is 17.2 Å². The van der Waals surface area contributed by atoms with Crippen LogP contribution in [0, 0.1) is 12.8 Å². The molecule has 1 N–H and O–H groups in total. The largest absolute Gasteiger partial charge is 0.484 e. The summed E-state index contributed by atoms with van der Waals surface area (Å²) in [5, 5.41) is 3.53. The average molecular weight is 316 g/mol. The van der Waals surface area contributed by atoms with Gasteiger partial charge in [-0.2, -0.15) is 0 Å². The van der Waals surface area contributed by atoms with Crippen molar-refractivity contribution in [3.8, 4) is 5.75 Å². The third kappa shape index (κ3) is 3.65. The van der Waals surface area contributed by atoms with E-state index in [-0.39, 0.29) is 12.5 Å². The minimum atomic E-state index is -0.166. The third-order valence-electron chi connectivity index (χ3n) is 3.79. The number of hydrogen-bond acceptors (Lipinski definition) is 4. The number of aromatic nitrogens is 1. The van der Waals surface area contributed by atoms with E-state index in [9.17, 15) is 4.79 Å². The molecule has 22 heavy (non-hydrogen) atoms. The number of amides is 1. The summed E-state index contributed by atoms with van der Waals surface area (Å²) in [6.45, 7) is 4.24. The first-order valence-corrected chi connectivity index (χ1v) is 8.39. The number of hydrogen-bond donors (Lipinski definition) is 1. The van der Waals surface area contributed by atoms with Crippen molar-refractivity contribution in [3.63, 3.8) is 0 Å². The Morgan fingerprint density at radius 1 is 1.50 bits per heavy atom. The van der Waals surface area contributed by atoms with E-state index >= 15 is 0 Å². The van der Waals surface area contributed by atoms with Crippen molar-refractivity contribution in [2.45, 2.75) is 33.1 Å². The molecule has 0 radical (unpaired) electrons. The second kappa shape index (κ2) is 6.48. The Labute approximate surface area is 134 Å². The molecule has 1 aromatic carbocycles. The molecule has 0 saturated heterocycles. The molecular formula is C17H20N2O2S. The molecule has 0 aliphatic heterocycles.